The van der Waals surface area contributed by atoms with Crippen LogP contribution >= 0.6 is 0 Å². The van der Waals surface area contributed by atoms with Crippen molar-refractivity contribution >= 4 is 17.4 Å². The summed E-state index contributed by atoms with van der Waals surface area (Å²) in [6, 6.07) is 18.9. The minimum absolute atomic E-state index is 0.0121. The largest absolute Gasteiger partial charge is 0.507 e. The molecule has 3 aromatic rings. The van der Waals surface area contributed by atoms with E-state index < -0.39 is 17.7 Å². The van der Waals surface area contributed by atoms with E-state index in [2.05, 4.69) is 0 Å². The zero-order valence-electron chi connectivity index (χ0n) is 20.8. The van der Waals surface area contributed by atoms with Crippen molar-refractivity contribution in [3.05, 3.63) is 94.6 Å². The number of aliphatic hydroxyl groups is 1. The highest BCUT2D eigenvalue weighted by Gasteiger charge is 2.46. The van der Waals surface area contributed by atoms with Gasteiger partial charge in [-0.2, -0.15) is 0 Å². The summed E-state index contributed by atoms with van der Waals surface area (Å²) in [7, 11) is 0. The van der Waals surface area contributed by atoms with Crippen molar-refractivity contribution in [3.8, 4) is 17.2 Å². The molecule has 3 aromatic carbocycles. The van der Waals surface area contributed by atoms with Gasteiger partial charge in [0.05, 0.1) is 18.2 Å². The first-order valence-electron chi connectivity index (χ1n) is 12.5. The Labute approximate surface area is 215 Å². The maximum atomic E-state index is 13.4. The summed E-state index contributed by atoms with van der Waals surface area (Å²) in [5, 5.41) is 21.7. The first kappa shape index (κ1) is 24.4. The first-order chi connectivity index (χ1) is 17.9. The molecule has 0 radical (unpaired) electrons. The van der Waals surface area contributed by atoms with Gasteiger partial charge in [-0.1, -0.05) is 36.4 Å². The Morgan fingerprint density at radius 3 is 2.62 bits per heavy atom. The number of aromatic hydroxyl groups is 1. The van der Waals surface area contributed by atoms with Crippen LogP contribution in [0.2, 0.25) is 0 Å². The molecule has 0 aliphatic carbocycles. The summed E-state index contributed by atoms with van der Waals surface area (Å²) in [5.74, 6) is -0.696. The minimum Gasteiger partial charge on any atom is -0.507 e. The number of hydrogen-bond donors (Lipinski definition) is 2. The van der Waals surface area contributed by atoms with Crippen LogP contribution in [-0.4, -0.2) is 46.1 Å². The third-order valence-electron chi connectivity index (χ3n) is 6.79. The van der Waals surface area contributed by atoms with Gasteiger partial charge in [0.25, 0.3) is 11.7 Å². The van der Waals surface area contributed by atoms with E-state index in [1.165, 1.54) is 11.0 Å². The van der Waals surface area contributed by atoms with Crippen LogP contribution in [0, 0.1) is 0 Å². The molecule has 1 fully saturated rings. The predicted octanol–water partition coefficient (Wildman–Crippen LogP) is 4.78. The van der Waals surface area contributed by atoms with Crippen molar-refractivity contribution in [2.45, 2.75) is 38.8 Å². The van der Waals surface area contributed by atoms with Crippen LogP contribution in [0.5, 0.6) is 17.2 Å². The number of phenolic OH excluding ortho intramolecular Hbond substituents is 1. The van der Waals surface area contributed by atoms with Gasteiger partial charge >= 0.3 is 0 Å². The highest BCUT2D eigenvalue weighted by atomic mass is 16.5. The fourth-order valence-electron chi connectivity index (χ4n) is 5.05. The number of Topliss-reactive ketones (excluding diaryl/α,β-unsaturated/α-hetero) is 1. The molecule has 5 rings (SSSR count). The number of nitrogens with zero attached hydrogens (tertiary/aromatic N) is 1. The van der Waals surface area contributed by atoms with Crippen molar-refractivity contribution in [2.75, 3.05) is 13.2 Å². The van der Waals surface area contributed by atoms with Gasteiger partial charge in [-0.05, 0) is 67.3 Å². The van der Waals surface area contributed by atoms with Crippen LogP contribution in [-0.2, 0) is 22.4 Å². The number of amides is 1. The molecule has 2 N–H and O–H groups in total. The number of hydrogen-bond acceptors (Lipinski definition) is 6. The first-order valence-corrected chi connectivity index (χ1v) is 12.5. The van der Waals surface area contributed by atoms with Crippen molar-refractivity contribution in [1.29, 1.82) is 0 Å². The summed E-state index contributed by atoms with van der Waals surface area (Å²) >= 11 is 0. The predicted molar refractivity (Wildman–Crippen MR) is 139 cm³/mol. The van der Waals surface area contributed by atoms with Gasteiger partial charge < -0.3 is 24.6 Å². The van der Waals surface area contributed by atoms with Crippen molar-refractivity contribution in [1.82, 2.24) is 4.90 Å². The molecule has 0 aromatic heterocycles. The number of phenols is 1. The Kier molecular flexibility index (Phi) is 6.61. The number of fused-ring (bicyclic) bond motifs is 1. The molecule has 1 saturated heterocycles. The number of ether oxygens (including phenoxy) is 2. The molecule has 2 atom stereocenters. The molecular formula is C30H29NO6. The summed E-state index contributed by atoms with van der Waals surface area (Å²) < 4.78 is 11.3. The van der Waals surface area contributed by atoms with Crippen molar-refractivity contribution in [3.63, 3.8) is 0 Å². The molecule has 190 valence electrons. The lowest BCUT2D eigenvalue weighted by Gasteiger charge is -2.26. The molecule has 1 amide bonds. The number of rotatable bonds is 7. The molecule has 0 saturated carbocycles. The van der Waals surface area contributed by atoms with E-state index in [-0.39, 0.29) is 35.5 Å². The highest BCUT2D eigenvalue weighted by molar-refractivity contribution is 6.46. The second-order valence-corrected chi connectivity index (χ2v) is 9.34. The molecule has 0 bridgehead atoms. The normalized spacial score (nSPS) is 20.1. The quantitative estimate of drug-likeness (QED) is 0.276. The number of likely N-dealkylation sites (tertiary alicyclic amines) is 1. The van der Waals surface area contributed by atoms with Crippen molar-refractivity contribution < 1.29 is 29.3 Å². The summed E-state index contributed by atoms with van der Waals surface area (Å²) in [6.45, 7) is 4.38. The SMILES string of the molecule is CCOc1cc([C@H]2/C(=C(\O)c3ccc4c(c3)C[C@@H](C)O4)C(=O)C(=O)N2CCc2ccccc2)ccc1O. The third-order valence-corrected chi connectivity index (χ3v) is 6.79. The van der Waals surface area contributed by atoms with E-state index in [0.29, 0.717) is 30.6 Å². The van der Waals surface area contributed by atoms with Crippen LogP contribution in [0.3, 0.4) is 0 Å². The summed E-state index contributed by atoms with van der Waals surface area (Å²) in [6.07, 6.45) is 1.26. The molecule has 2 heterocycles. The fourth-order valence-corrected chi connectivity index (χ4v) is 5.05. The smallest absolute Gasteiger partial charge is 0.295 e. The lowest BCUT2D eigenvalue weighted by molar-refractivity contribution is -0.139. The van der Waals surface area contributed by atoms with Crippen LogP contribution < -0.4 is 9.47 Å². The van der Waals surface area contributed by atoms with E-state index in [4.69, 9.17) is 9.47 Å². The van der Waals surface area contributed by atoms with Gasteiger partial charge in [-0.15, -0.1) is 0 Å². The van der Waals surface area contributed by atoms with E-state index in [0.717, 1.165) is 16.9 Å². The lowest BCUT2D eigenvalue weighted by atomic mass is 9.94. The molecular weight excluding hydrogens is 470 g/mol. The molecule has 37 heavy (non-hydrogen) atoms. The molecule has 0 unspecified atom stereocenters. The maximum Gasteiger partial charge on any atom is 0.295 e. The second kappa shape index (κ2) is 10.0. The number of carbonyl (C=O) groups is 2. The topological polar surface area (TPSA) is 96.3 Å². The third kappa shape index (κ3) is 4.65. The Morgan fingerprint density at radius 2 is 1.86 bits per heavy atom. The monoisotopic (exact) mass is 499 g/mol. The molecule has 7 heteroatoms. The summed E-state index contributed by atoms with van der Waals surface area (Å²) in [5.41, 5.74) is 2.99. The zero-order valence-corrected chi connectivity index (χ0v) is 20.8. The average molecular weight is 500 g/mol. The van der Waals surface area contributed by atoms with E-state index in [1.807, 2.05) is 43.3 Å². The van der Waals surface area contributed by atoms with Gasteiger partial charge in [0, 0.05) is 18.5 Å². The Morgan fingerprint density at radius 1 is 1.08 bits per heavy atom. The Bertz CT molecular complexity index is 1380. The van der Waals surface area contributed by atoms with Crippen LogP contribution in [0.1, 0.15) is 42.1 Å². The number of carbonyl (C=O) groups excluding carboxylic acids is 2. The maximum absolute atomic E-state index is 13.4. The van der Waals surface area contributed by atoms with Crippen molar-refractivity contribution in [2.24, 2.45) is 0 Å². The van der Waals surface area contributed by atoms with Gasteiger partial charge in [-0.3, -0.25) is 9.59 Å². The highest BCUT2D eigenvalue weighted by Crippen LogP contribution is 2.42. The average Bonchev–Trinajstić information content (AvgIpc) is 3.39. The Hall–Kier alpha value is -4.26. The van der Waals surface area contributed by atoms with Gasteiger partial charge in [0.2, 0.25) is 0 Å². The zero-order chi connectivity index (χ0) is 26.1. The van der Waals surface area contributed by atoms with Gasteiger partial charge in [-0.25, -0.2) is 0 Å². The lowest BCUT2D eigenvalue weighted by Crippen LogP contribution is -2.31. The van der Waals surface area contributed by atoms with Crippen LogP contribution in [0.15, 0.2) is 72.3 Å². The number of ketones is 1. The molecule has 2 aliphatic rings. The second-order valence-electron chi connectivity index (χ2n) is 9.34. The molecule has 7 nitrogen and oxygen atoms in total. The number of benzene rings is 3. The van der Waals surface area contributed by atoms with Crippen LogP contribution in [0.4, 0.5) is 0 Å². The van der Waals surface area contributed by atoms with E-state index in [1.54, 1.807) is 31.2 Å². The van der Waals surface area contributed by atoms with Crippen LogP contribution in [0.25, 0.3) is 5.76 Å². The van der Waals surface area contributed by atoms with Gasteiger partial charge in [0.1, 0.15) is 17.6 Å². The molecule has 0 spiro atoms. The minimum atomic E-state index is -0.841. The van der Waals surface area contributed by atoms with E-state index in [9.17, 15) is 19.8 Å². The fraction of sp³-hybridized carbons (Fsp3) is 0.267. The number of aliphatic hydroxyl groups excluding tert-OH is 1. The van der Waals surface area contributed by atoms with Gasteiger partial charge in [0.15, 0.2) is 11.5 Å². The standard InChI is InChI=1S/C30H29NO6/c1-3-36-25-17-20(9-11-23(25)32)27-26(28(33)21-10-12-24-22(16-21)15-18(2)37-24)29(34)30(35)31(27)14-13-19-7-5-4-6-8-19/h4-12,16-18,27,32-33H,3,13-15H2,1-2H3/b28-26+/t18-,27+/m1/s1. The molecule has 2 aliphatic heterocycles. The van der Waals surface area contributed by atoms with E-state index >= 15 is 0 Å². The summed E-state index contributed by atoms with van der Waals surface area (Å²) in [4.78, 5) is 28.2. The Balaban J connectivity index is 1.60.